The largest absolute Gasteiger partial charge is 0.393 e. The van der Waals surface area contributed by atoms with Gasteiger partial charge in [-0.25, -0.2) is 4.98 Å². The number of aliphatic hydroxyl groups is 1. The standard InChI is InChI=1S/C13H22N4O/c1-10(18)9-11-5-3-4-8-17(11)12-6-7-15-13(14-2)16-12/h6-7,10-11,18H,3-5,8-9H2,1-2H3,(H,14,15,16). The van der Waals surface area contributed by atoms with E-state index in [-0.39, 0.29) is 6.10 Å². The van der Waals surface area contributed by atoms with Crippen LogP contribution in [0.4, 0.5) is 11.8 Å². The van der Waals surface area contributed by atoms with Crippen molar-refractivity contribution in [3.63, 3.8) is 0 Å². The molecule has 0 aromatic carbocycles. The molecular weight excluding hydrogens is 228 g/mol. The first kappa shape index (κ1) is 13.1. The van der Waals surface area contributed by atoms with Crippen LogP contribution in [0.25, 0.3) is 0 Å². The number of anilines is 2. The van der Waals surface area contributed by atoms with Crippen LogP contribution in [-0.2, 0) is 0 Å². The van der Waals surface area contributed by atoms with Crippen LogP contribution in [0.3, 0.4) is 0 Å². The van der Waals surface area contributed by atoms with Gasteiger partial charge in [0.05, 0.1) is 6.10 Å². The van der Waals surface area contributed by atoms with E-state index in [0.717, 1.165) is 25.2 Å². The molecule has 100 valence electrons. The SMILES string of the molecule is CNc1nccc(N2CCCCC2CC(C)O)n1. The molecule has 2 heterocycles. The van der Waals surface area contributed by atoms with Gasteiger partial charge in [-0.1, -0.05) is 0 Å². The van der Waals surface area contributed by atoms with Gasteiger partial charge in [-0.3, -0.25) is 0 Å². The fourth-order valence-corrected chi connectivity index (χ4v) is 2.57. The summed E-state index contributed by atoms with van der Waals surface area (Å²) in [5.41, 5.74) is 0. The smallest absolute Gasteiger partial charge is 0.224 e. The van der Waals surface area contributed by atoms with Crippen LogP contribution < -0.4 is 10.2 Å². The van der Waals surface area contributed by atoms with Gasteiger partial charge in [-0.2, -0.15) is 4.98 Å². The van der Waals surface area contributed by atoms with E-state index in [1.54, 1.807) is 6.20 Å². The fourth-order valence-electron chi connectivity index (χ4n) is 2.57. The summed E-state index contributed by atoms with van der Waals surface area (Å²) in [5.74, 6) is 1.61. The molecule has 1 aromatic heterocycles. The first-order valence-electron chi connectivity index (χ1n) is 6.66. The Morgan fingerprint density at radius 2 is 2.39 bits per heavy atom. The van der Waals surface area contributed by atoms with Gasteiger partial charge in [-0.05, 0) is 38.7 Å². The number of nitrogens with one attached hydrogen (secondary N) is 1. The summed E-state index contributed by atoms with van der Waals surface area (Å²) in [4.78, 5) is 10.9. The highest BCUT2D eigenvalue weighted by atomic mass is 16.3. The number of piperidine rings is 1. The topological polar surface area (TPSA) is 61.3 Å². The van der Waals surface area contributed by atoms with Crippen molar-refractivity contribution in [1.82, 2.24) is 9.97 Å². The molecule has 1 aromatic rings. The zero-order valence-corrected chi connectivity index (χ0v) is 11.1. The Morgan fingerprint density at radius 3 is 3.11 bits per heavy atom. The van der Waals surface area contributed by atoms with E-state index in [0.29, 0.717) is 12.0 Å². The van der Waals surface area contributed by atoms with Crippen molar-refractivity contribution < 1.29 is 5.11 Å². The third-order valence-corrected chi connectivity index (χ3v) is 3.40. The number of hydrogen-bond donors (Lipinski definition) is 2. The maximum Gasteiger partial charge on any atom is 0.224 e. The molecule has 0 bridgehead atoms. The minimum absolute atomic E-state index is 0.263. The molecule has 2 atom stereocenters. The molecule has 2 unspecified atom stereocenters. The van der Waals surface area contributed by atoms with Crippen LogP contribution in [0.1, 0.15) is 32.6 Å². The number of aromatic nitrogens is 2. The lowest BCUT2D eigenvalue weighted by Gasteiger charge is -2.37. The highest BCUT2D eigenvalue weighted by molar-refractivity contribution is 5.43. The monoisotopic (exact) mass is 250 g/mol. The average Bonchev–Trinajstić information content (AvgIpc) is 2.39. The second kappa shape index (κ2) is 6.00. The molecule has 0 spiro atoms. The summed E-state index contributed by atoms with van der Waals surface area (Å²) in [6.07, 6.45) is 5.87. The van der Waals surface area contributed by atoms with Gasteiger partial charge in [-0.15, -0.1) is 0 Å². The van der Waals surface area contributed by atoms with Crippen LogP contribution in [-0.4, -0.2) is 40.8 Å². The van der Waals surface area contributed by atoms with E-state index in [1.807, 2.05) is 20.0 Å². The van der Waals surface area contributed by atoms with Crippen LogP contribution in [0.15, 0.2) is 12.3 Å². The van der Waals surface area contributed by atoms with Crippen molar-refractivity contribution in [2.24, 2.45) is 0 Å². The lowest BCUT2D eigenvalue weighted by molar-refractivity contribution is 0.167. The number of hydrogen-bond acceptors (Lipinski definition) is 5. The molecule has 0 radical (unpaired) electrons. The second-order valence-corrected chi connectivity index (χ2v) is 4.92. The molecule has 1 saturated heterocycles. The molecule has 5 heteroatoms. The molecule has 18 heavy (non-hydrogen) atoms. The normalized spacial score (nSPS) is 21.7. The van der Waals surface area contributed by atoms with Gasteiger partial charge in [0.2, 0.25) is 5.95 Å². The van der Waals surface area contributed by atoms with E-state index in [1.165, 1.54) is 12.8 Å². The molecule has 0 aliphatic carbocycles. The maximum absolute atomic E-state index is 9.60. The lowest BCUT2D eigenvalue weighted by atomic mass is 9.97. The fraction of sp³-hybridized carbons (Fsp3) is 0.692. The molecule has 2 rings (SSSR count). The molecule has 0 saturated carbocycles. The Morgan fingerprint density at radius 1 is 1.56 bits per heavy atom. The van der Waals surface area contributed by atoms with E-state index < -0.39 is 0 Å². The van der Waals surface area contributed by atoms with Gasteiger partial charge in [0, 0.05) is 25.8 Å². The van der Waals surface area contributed by atoms with Gasteiger partial charge in [0.25, 0.3) is 0 Å². The highest BCUT2D eigenvalue weighted by Crippen LogP contribution is 2.26. The van der Waals surface area contributed by atoms with Gasteiger partial charge in [0.15, 0.2) is 0 Å². The Balaban J connectivity index is 2.16. The predicted octanol–water partition coefficient (Wildman–Crippen LogP) is 1.65. The number of nitrogens with zero attached hydrogens (tertiary/aromatic N) is 3. The van der Waals surface area contributed by atoms with Crippen molar-refractivity contribution in [3.05, 3.63) is 12.3 Å². The molecule has 0 amide bonds. The van der Waals surface area contributed by atoms with E-state index in [9.17, 15) is 5.11 Å². The molecule has 1 aliphatic rings. The molecule has 2 N–H and O–H groups in total. The van der Waals surface area contributed by atoms with E-state index >= 15 is 0 Å². The Kier molecular flexibility index (Phi) is 4.36. The zero-order valence-electron chi connectivity index (χ0n) is 11.1. The van der Waals surface area contributed by atoms with Crippen LogP contribution in [0.5, 0.6) is 0 Å². The summed E-state index contributed by atoms with van der Waals surface area (Å²) in [6.45, 7) is 2.86. The van der Waals surface area contributed by atoms with E-state index in [2.05, 4.69) is 20.2 Å². The Bertz CT molecular complexity index is 383. The summed E-state index contributed by atoms with van der Waals surface area (Å²) < 4.78 is 0. The molecule has 1 aliphatic heterocycles. The lowest BCUT2D eigenvalue weighted by Crippen LogP contribution is -2.41. The molecule has 5 nitrogen and oxygen atoms in total. The highest BCUT2D eigenvalue weighted by Gasteiger charge is 2.24. The van der Waals surface area contributed by atoms with Gasteiger partial charge >= 0.3 is 0 Å². The third-order valence-electron chi connectivity index (χ3n) is 3.40. The summed E-state index contributed by atoms with van der Waals surface area (Å²) in [6, 6.07) is 2.33. The summed E-state index contributed by atoms with van der Waals surface area (Å²) >= 11 is 0. The van der Waals surface area contributed by atoms with Crippen molar-refractivity contribution in [1.29, 1.82) is 0 Å². The van der Waals surface area contributed by atoms with Crippen molar-refractivity contribution in [2.45, 2.75) is 44.8 Å². The predicted molar refractivity (Wildman–Crippen MR) is 72.9 cm³/mol. The van der Waals surface area contributed by atoms with Crippen molar-refractivity contribution >= 4 is 11.8 Å². The van der Waals surface area contributed by atoms with Crippen LogP contribution in [0, 0.1) is 0 Å². The Labute approximate surface area is 108 Å². The average molecular weight is 250 g/mol. The Hall–Kier alpha value is -1.36. The molecule has 1 fully saturated rings. The van der Waals surface area contributed by atoms with Crippen molar-refractivity contribution in [2.75, 3.05) is 23.8 Å². The summed E-state index contributed by atoms with van der Waals surface area (Å²) in [5, 5.41) is 12.6. The molecular formula is C13H22N4O. The van der Waals surface area contributed by atoms with Gasteiger partial charge in [0.1, 0.15) is 5.82 Å². The first-order valence-corrected chi connectivity index (χ1v) is 6.66. The van der Waals surface area contributed by atoms with Gasteiger partial charge < -0.3 is 15.3 Å². The minimum Gasteiger partial charge on any atom is -0.393 e. The maximum atomic E-state index is 9.60. The third kappa shape index (κ3) is 3.10. The van der Waals surface area contributed by atoms with Crippen molar-refractivity contribution in [3.8, 4) is 0 Å². The minimum atomic E-state index is -0.263. The number of rotatable bonds is 4. The van der Waals surface area contributed by atoms with Crippen LogP contribution >= 0.6 is 0 Å². The first-order chi connectivity index (χ1) is 8.70. The second-order valence-electron chi connectivity index (χ2n) is 4.92. The quantitative estimate of drug-likeness (QED) is 0.851. The van der Waals surface area contributed by atoms with E-state index in [4.69, 9.17) is 0 Å². The summed E-state index contributed by atoms with van der Waals surface area (Å²) in [7, 11) is 1.82. The zero-order chi connectivity index (χ0) is 13.0. The van der Waals surface area contributed by atoms with Crippen LogP contribution in [0.2, 0.25) is 0 Å². The number of aliphatic hydroxyl groups excluding tert-OH is 1.